The minimum atomic E-state index is -0.675. The van der Waals surface area contributed by atoms with Crippen LogP contribution in [0.3, 0.4) is 0 Å². The Bertz CT molecular complexity index is 1140. The van der Waals surface area contributed by atoms with Crippen LogP contribution < -0.4 is 14.4 Å². The largest absolute Gasteiger partial charge is 0.507 e. The van der Waals surface area contributed by atoms with Crippen LogP contribution in [-0.2, 0) is 9.59 Å². The van der Waals surface area contributed by atoms with Crippen LogP contribution >= 0.6 is 0 Å². The van der Waals surface area contributed by atoms with Gasteiger partial charge in [-0.2, -0.15) is 0 Å². The van der Waals surface area contributed by atoms with Crippen molar-refractivity contribution < 1.29 is 24.2 Å². The number of nitrogens with zero attached hydrogens (tertiary/aromatic N) is 3. The Morgan fingerprint density at radius 1 is 1.00 bits per heavy atom. The van der Waals surface area contributed by atoms with Crippen LogP contribution in [0.5, 0.6) is 11.5 Å². The fourth-order valence-corrected chi connectivity index (χ4v) is 4.76. The van der Waals surface area contributed by atoms with E-state index in [9.17, 15) is 14.7 Å². The van der Waals surface area contributed by atoms with Gasteiger partial charge in [-0.1, -0.05) is 26.0 Å². The van der Waals surface area contributed by atoms with Crippen LogP contribution in [-0.4, -0.2) is 80.1 Å². The van der Waals surface area contributed by atoms with Crippen LogP contribution in [0.15, 0.2) is 48.0 Å². The zero-order valence-electron chi connectivity index (χ0n) is 21.5. The fraction of sp³-hybridized carbons (Fsp3) is 0.429. The Morgan fingerprint density at radius 3 is 2.31 bits per heavy atom. The minimum absolute atomic E-state index is 0.0946. The van der Waals surface area contributed by atoms with Gasteiger partial charge in [-0.15, -0.1) is 0 Å². The van der Waals surface area contributed by atoms with Gasteiger partial charge in [0.1, 0.15) is 19.0 Å². The predicted octanol–water partition coefficient (Wildman–Crippen LogP) is 3.68. The second kappa shape index (κ2) is 11.0. The average Bonchev–Trinajstić information content (AvgIpc) is 3.15. The number of aliphatic hydroxyl groups excluding tert-OH is 1. The number of likely N-dealkylation sites (tertiary alicyclic amines) is 1. The van der Waals surface area contributed by atoms with Crippen molar-refractivity contribution in [2.24, 2.45) is 0 Å². The number of rotatable bonds is 9. The molecule has 2 aromatic rings. The van der Waals surface area contributed by atoms with E-state index in [2.05, 4.69) is 18.7 Å². The number of anilines is 1. The summed E-state index contributed by atoms with van der Waals surface area (Å²) in [5.74, 6) is -0.378. The highest BCUT2D eigenvalue weighted by Gasteiger charge is 2.45. The summed E-state index contributed by atoms with van der Waals surface area (Å²) in [5.41, 5.74) is 2.29. The molecule has 8 nitrogen and oxygen atoms in total. The number of hydrogen-bond donors (Lipinski definition) is 1. The van der Waals surface area contributed by atoms with Gasteiger partial charge in [-0.25, -0.2) is 0 Å². The summed E-state index contributed by atoms with van der Waals surface area (Å²) in [6, 6.07) is 12.1. The van der Waals surface area contributed by atoms with Gasteiger partial charge >= 0.3 is 0 Å². The molecule has 2 heterocycles. The molecule has 1 N–H and O–H groups in total. The van der Waals surface area contributed by atoms with Crippen molar-refractivity contribution in [3.05, 3.63) is 59.2 Å². The van der Waals surface area contributed by atoms with E-state index in [0.717, 1.165) is 37.3 Å². The maximum atomic E-state index is 13.3. The highest BCUT2D eigenvalue weighted by Crippen LogP contribution is 2.41. The highest BCUT2D eigenvalue weighted by molar-refractivity contribution is 6.46. The number of ether oxygens (including phenoxy) is 2. The summed E-state index contributed by atoms with van der Waals surface area (Å²) in [6.07, 6.45) is 0.727. The molecule has 0 bridgehead atoms. The minimum Gasteiger partial charge on any atom is -0.507 e. The van der Waals surface area contributed by atoms with Crippen molar-refractivity contribution >= 4 is 23.1 Å². The molecule has 1 amide bonds. The van der Waals surface area contributed by atoms with Crippen molar-refractivity contribution in [1.82, 2.24) is 9.80 Å². The summed E-state index contributed by atoms with van der Waals surface area (Å²) >= 11 is 0. The zero-order valence-corrected chi connectivity index (χ0v) is 21.5. The molecule has 4 rings (SSSR count). The van der Waals surface area contributed by atoms with Gasteiger partial charge in [-0.05, 0) is 62.0 Å². The van der Waals surface area contributed by atoms with E-state index in [0.29, 0.717) is 36.8 Å². The van der Waals surface area contributed by atoms with Crippen molar-refractivity contribution in [2.75, 3.05) is 58.4 Å². The Kier molecular flexibility index (Phi) is 7.84. The van der Waals surface area contributed by atoms with Gasteiger partial charge < -0.3 is 29.3 Å². The molecule has 0 radical (unpaired) electrons. The average molecular weight is 494 g/mol. The first-order valence-corrected chi connectivity index (χ1v) is 12.5. The van der Waals surface area contributed by atoms with Crippen molar-refractivity contribution in [1.29, 1.82) is 0 Å². The molecule has 2 aromatic carbocycles. The number of amides is 1. The molecular formula is C28H35N3O5. The first-order chi connectivity index (χ1) is 17.3. The summed E-state index contributed by atoms with van der Waals surface area (Å²) in [6.45, 7) is 8.17. The number of carbonyl (C=O) groups excluding carboxylic acids is 2. The van der Waals surface area contributed by atoms with Crippen LogP contribution in [0, 0.1) is 0 Å². The second-order valence-electron chi connectivity index (χ2n) is 9.22. The topological polar surface area (TPSA) is 82.6 Å². The number of hydrogen-bond acceptors (Lipinski definition) is 7. The van der Waals surface area contributed by atoms with Crippen LogP contribution in [0.2, 0.25) is 0 Å². The Balaban J connectivity index is 1.74. The summed E-state index contributed by atoms with van der Waals surface area (Å²) < 4.78 is 11.2. The summed E-state index contributed by atoms with van der Waals surface area (Å²) in [7, 11) is 3.91. The lowest BCUT2D eigenvalue weighted by Gasteiger charge is -2.27. The third-order valence-corrected chi connectivity index (χ3v) is 6.85. The standard InChI is InChI=1S/C28H35N3O5/c1-5-30(6-2)14-7-15-31-25(19-8-11-21(12-9-19)29(3)4)24(27(33)28(31)34)26(32)20-10-13-22-23(18-20)36-17-16-35-22/h8-13,18,25,32H,5-7,14-17H2,1-4H3/b26-24+/t25-/m0/s1. The van der Waals surface area contributed by atoms with E-state index in [1.165, 1.54) is 0 Å². The molecule has 1 fully saturated rings. The summed E-state index contributed by atoms with van der Waals surface area (Å²) in [4.78, 5) is 32.4. The normalized spacial score (nSPS) is 18.7. The number of fused-ring (bicyclic) bond motifs is 1. The third kappa shape index (κ3) is 5.04. The van der Waals surface area contributed by atoms with Crippen molar-refractivity contribution in [3.63, 3.8) is 0 Å². The number of aliphatic hydroxyl groups is 1. The Hall–Kier alpha value is -3.52. The molecule has 192 valence electrons. The van der Waals surface area contributed by atoms with Gasteiger partial charge in [0, 0.05) is 31.9 Å². The van der Waals surface area contributed by atoms with Gasteiger partial charge in [-0.3, -0.25) is 9.59 Å². The molecule has 1 saturated heterocycles. The van der Waals surface area contributed by atoms with Gasteiger partial charge in [0.05, 0.1) is 11.6 Å². The lowest BCUT2D eigenvalue weighted by molar-refractivity contribution is -0.140. The fourth-order valence-electron chi connectivity index (χ4n) is 4.76. The summed E-state index contributed by atoms with van der Waals surface area (Å²) in [5, 5.41) is 11.4. The molecule has 1 atom stereocenters. The molecule has 0 spiro atoms. The molecular weight excluding hydrogens is 458 g/mol. The van der Waals surface area contributed by atoms with E-state index in [1.54, 1.807) is 23.1 Å². The SMILES string of the molecule is CCN(CC)CCCN1C(=O)C(=O)/C(=C(/O)c2ccc3c(c2)OCCO3)[C@@H]1c1ccc(N(C)C)cc1. The smallest absolute Gasteiger partial charge is 0.295 e. The molecule has 8 heteroatoms. The van der Waals surface area contributed by atoms with E-state index in [-0.39, 0.29) is 11.3 Å². The number of benzene rings is 2. The molecule has 2 aliphatic heterocycles. The number of carbonyl (C=O) groups is 2. The van der Waals surface area contributed by atoms with Crippen molar-refractivity contribution in [3.8, 4) is 11.5 Å². The van der Waals surface area contributed by atoms with Gasteiger partial charge in [0.2, 0.25) is 0 Å². The first-order valence-electron chi connectivity index (χ1n) is 12.5. The predicted molar refractivity (Wildman–Crippen MR) is 140 cm³/mol. The lowest BCUT2D eigenvalue weighted by Crippen LogP contribution is -2.33. The molecule has 0 aliphatic carbocycles. The van der Waals surface area contributed by atoms with Crippen LogP contribution in [0.25, 0.3) is 5.76 Å². The molecule has 0 aromatic heterocycles. The molecule has 36 heavy (non-hydrogen) atoms. The second-order valence-corrected chi connectivity index (χ2v) is 9.22. The first kappa shape index (κ1) is 25.6. The Labute approximate surface area is 212 Å². The van der Waals surface area contributed by atoms with E-state index in [4.69, 9.17) is 9.47 Å². The molecule has 2 aliphatic rings. The lowest BCUT2D eigenvalue weighted by atomic mass is 9.95. The monoisotopic (exact) mass is 493 g/mol. The maximum absolute atomic E-state index is 13.3. The number of Topliss-reactive ketones (excluding diaryl/α,β-unsaturated/α-hetero) is 1. The van der Waals surface area contributed by atoms with E-state index in [1.807, 2.05) is 43.3 Å². The molecule has 0 unspecified atom stereocenters. The van der Waals surface area contributed by atoms with Gasteiger partial charge in [0.25, 0.3) is 11.7 Å². The van der Waals surface area contributed by atoms with Crippen LogP contribution in [0.1, 0.15) is 37.4 Å². The molecule has 0 saturated carbocycles. The van der Waals surface area contributed by atoms with E-state index >= 15 is 0 Å². The quantitative estimate of drug-likeness (QED) is 0.324. The van der Waals surface area contributed by atoms with Crippen molar-refractivity contribution in [2.45, 2.75) is 26.3 Å². The van der Waals surface area contributed by atoms with Gasteiger partial charge in [0.15, 0.2) is 11.5 Å². The Morgan fingerprint density at radius 2 is 1.67 bits per heavy atom. The van der Waals surface area contributed by atoms with Crippen LogP contribution in [0.4, 0.5) is 5.69 Å². The third-order valence-electron chi connectivity index (χ3n) is 6.85. The maximum Gasteiger partial charge on any atom is 0.295 e. The highest BCUT2D eigenvalue weighted by atomic mass is 16.6. The zero-order chi connectivity index (χ0) is 25.8. The number of ketones is 1. The van der Waals surface area contributed by atoms with E-state index < -0.39 is 17.7 Å².